The van der Waals surface area contributed by atoms with Gasteiger partial charge in [0.15, 0.2) is 0 Å². The molecule has 1 saturated carbocycles. The molecule has 7 heteroatoms. The summed E-state index contributed by atoms with van der Waals surface area (Å²) in [7, 11) is -0.632. The van der Waals surface area contributed by atoms with Gasteiger partial charge in [-0.2, -0.15) is 0 Å². The van der Waals surface area contributed by atoms with Crippen LogP contribution in [0.2, 0.25) is 0 Å². The third-order valence-electron chi connectivity index (χ3n) is 3.30. The standard InChI is InChI=1S/C11H18N4O2S/c16-18-5-3-9(4-6-18)13-11-15-14-10(17-11)7-12-8-1-2-8/h8-9,12H,1-7H2,(H,13,15). The van der Waals surface area contributed by atoms with E-state index in [-0.39, 0.29) is 0 Å². The van der Waals surface area contributed by atoms with E-state index in [1.54, 1.807) is 0 Å². The first kappa shape index (κ1) is 12.1. The summed E-state index contributed by atoms with van der Waals surface area (Å²) in [5, 5.41) is 14.5. The average molecular weight is 270 g/mol. The van der Waals surface area contributed by atoms with Gasteiger partial charge < -0.3 is 15.1 Å². The number of rotatable bonds is 5. The maximum atomic E-state index is 11.2. The largest absolute Gasteiger partial charge is 0.407 e. The lowest BCUT2D eigenvalue weighted by atomic mass is 10.2. The Morgan fingerprint density at radius 3 is 2.67 bits per heavy atom. The van der Waals surface area contributed by atoms with Gasteiger partial charge in [0.25, 0.3) is 0 Å². The molecule has 1 aromatic heterocycles. The number of nitrogens with one attached hydrogen (secondary N) is 2. The van der Waals surface area contributed by atoms with Crippen LogP contribution in [0.15, 0.2) is 4.42 Å². The molecule has 0 amide bonds. The Bertz CT molecular complexity index is 422. The highest BCUT2D eigenvalue weighted by molar-refractivity contribution is 7.85. The van der Waals surface area contributed by atoms with Crippen LogP contribution < -0.4 is 10.6 Å². The minimum absolute atomic E-state index is 0.312. The molecular formula is C11H18N4O2S. The molecule has 2 fully saturated rings. The third kappa shape index (κ3) is 3.29. The molecule has 0 bridgehead atoms. The van der Waals surface area contributed by atoms with Crippen molar-refractivity contribution in [3.8, 4) is 0 Å². The molecule has 2 heterocycles. The van der Waals surface area contributed by atoms with Crippen molar-refractivity contribution in [3.05, 3.63) is 5.89 Å². The zero-order chi connectivity index (χ0) is 12.4. The van der Waals surface area contributed by atoms with Gasteiger partial charge in [-0.05, 0) is 25.7 Å². The molecule has 2 N–H and O–H groups in total. The Morgan fingerprint density at radius 1 is 1.17 bits per heavy atom. The van der Waals surface area contributed by atoms with E-state index in [0.717, 1.165) is 24.3 Å². The molecule has 0 aromatic carbocycles. The van der Waals surface area contributed by atoms with Gasteiger partial charge in [-0.1, -0.05) is 5.10 Å². The van der Waals surface area contributed by atoms with E-state index in [4.69, 9.17) is 4.42 Å². The Hall–Kier alpha value is -0.950. The summed E-state index contributed by atoms with van der Waals surface area (Å²) in [4.78, 5) is 0. The molecule has 1 aromatic rings. The van der Waals surface area contributed by atoms with Crippen LogP contribution in [0.3, 0.4) is 0 Å². The lowest BCUT2D eigenvalue weighted by Gasteiger charge is -2.21. The molecule has 3 rings (SSSR count). The molecule has 0 radical (unpaired) electrons. The van der Waals surface area contributed by atoms with Crippen LogP contribution in [0.1, 0.15) is 31.6 Å². The van der Waals surface area contributed by atoms with Crippen molar-refractivity contribution in [3.63, 3.8) is 0 Å². The second-order valence-corrected chi connectivity index (χ2v) is 6.62. The number of hydrogen-bond donors (Lipinski definition) is 2. The molecule has 0 unspecified atom stereocenters. The van der Waals surface area contributed by atoms with Crippen molar-refractivity contribution >= 4 is 16.8 Å². The van der Waals surface area contributed by atoms with Crippen LogP contribution in [-0.4, -0.2) is 38.0 Å². The summed E-state index contributed by atoms with van der Waals surface area (Å²) in [5.41, 5.74) is 0. The number of anilines is 1. The Morgan fingerprint density at radius 2 is 1.94 bits per heavy atom. The lowest BCUT2D eigenvalue weighted by Crippen LogP contribution is -2.29. The van der Waals surface area contributed by atoms with Crippen molar-refractivity contribution in [1.29, 1.82) is 0 Å². The van der Waals surface area contributed by atoms with Crippen LogP contribution in [0.5, 0.6) is 0 Å². The molecule has 0 spiro atoms. The minimum atomic E-state index is -0.632. The average Bonchev–Trinajstić information content (AvgIpc) is 3.10. The fourth-order valence-corrected chi connectivity index (χ4v) is 3.31. The molecule has 2 aliphatic rings. The van der Waals surface area contributed by atoms with Gasteiger partial charge in [0, 0.05) is 34.4 Å². The molecule has 1 aliphatic carbocycles. The van der Waals surface area contributed by atoms with Crippen LogP contribution >= 0.6 is 0 Å². The van der Waals surface area contributed by atoms with Crippen LogP contribution in [0.25, 0.3) is 0 Å². The van der Waals surface area contributed by atoms with E-state index < -0.39 is 10.8 Å². The van der Waals surface area contributed by atoms with E-state index in [1.165, 1.54) is 12.8 Å². The van der Waals surface area contributed by atoms with E-state index in [9.17, 15) is 4.21 Å². The number of hydrogen-bond acceptors (Lipinski definition) is 6. The van der Waals surface area contributed by atoms with Crippen molar-refractivity contribution < 1.29 is 8.63 Å². The Balaban J connectivity index is 1.48. The zero-order valence-corrected chi connectivity index (χ0v) is 11.0. The minimum Gasteiger partial charge on any atom is -0.407 e. The van der Waals surface area contributed by atoms with Crippen LogP contribution in [0.4, 0.5) is 6.01 Å². The smallest absolute Gasteiger partial charge is 0.315 e. The first-order valence-corrected chi connectivity index (χ1v) is 7.95. The predicted octanol–water partition coefficient (Wildman–Crippen LogP) is 0.645. The fraction of sp³-hybridized carbons (Fsp3) is 0.818. The van der Waals surface area contributed by atoms with Crippen LogP contribution in [0, 0.1) is 0 Å². The lowest BCUT2D eigenvalue weighted by molar-refractivity contribution is 0.468. The Kier molecular flexibility index (Phi) is 3.60. The summed E-state index contributed by atoms with van der Waals surface area (Å²) in [6.07, 6.45) is 4.31. The van der Waals surface area contributed by atoms with Crippen molar-refractivity contribution in [2.75, 3.05) is 16.8 Å². The SMILES string of the molecule is O=S1CCC(Nc2nnc(CNC3CC3)o2)CC1. The molecular weight excluding hydrogens is 252 g/mol. The highest BCUT2D eigenvalue weighted by atomic mass is 32.2. The normalized spacial score (nSPS) is 28.2. The van der Waals surface area contributed by atoms with Crippen molar-refractivity contribution in [2.45, 2.75) is 44.3 Å². The molecule has 1 saturated heterocycles. The van der Waals surface area contributed by atoms with E-state index in [2.05, 4.69) is 20.8 Å². The zero-order valence-electron chi connectivity index (χ0n) is 10.2. The van der Waals surface area contributed by atoms with Gasteiger partial charge in [-0.15, -0.1) is 5.10 Å². The van der Waals surface area contributed by atoms with Gasteiger partial charge in [0.05, 0.1) is 6.54 Å². The van der Waals surface area contributed by atoms with Gasteiger partial charge in [0.2, 0.25) is 5.89 Å². The maximum Gasteiger partial charge on any atom is 0.315 e. The second kappa shape index (κ2) is 5.36. The van der Waals surface area contributed by atoms with E-state index >= 15 is 0 Å². The summed E-state index contributed by atoms with van der Waals surface area (Å²) in [6.45, 7) is 0.647. The van der Waals surface area contributed by atoms with Crippen molar-refractivity contribution in [1.82, 2.24) is 15.5 Å². The first-order chi connectivity index (χ1) is 8.79. The monoisotopic (exact) mass is 270 g/mol. The number of nitrogens with zero attached hydrogens (tertiary/aromatic N) is 2. The fourth-order valence-electron chi connectivity index (χ4n) is 2.02. The van der Waals surface area contributed by atoms with Crippen LogP contribution in [-0.2, 0) is 17.3 Å². The number of aromatic nitrogens is 2. The summed E-state index contributed by atoms with van der Waals surface area (Å²) in [5.74, 6) is 2.16. The van der Waals surface area contributed by atoms with Crippen molar-refractivity contribution in [2.24, 2.45) is 0 Å². The predicted molar refractivity (Wildman–Crippen MR) is 68.7 cm³/mol. The summed E-state index contributed by atoms with van der Waals surface area (Å²) >= 11 is 0. The third-order valence-corrected chi connectivity index (χ3v) is 4.68. The topological polar surface area (TPSA) is 80.0 Å². The highest BCUT2D eigenvalue weighted by Crippen LogP contribution is 2.20. The molecule has 1 aliphatic heterocycles. The molecule has 18 heavy (non-hydrogen) atoms. The van der Waals surface area contributed by atoms with Gasteiger partial charge in [-0.3, -0.25) is 4.21 Å². The van der Waals surface area contributed by atoms with E-state index in [1.807, 2.05) is 0 Å². The molecule has 100 valence electrons. The van der Waals surface area contributed by atoms with Gasteiger partial charge in [0.1, 0.15) is 0 Å². The Labute approximate surface area is 108 Å². The van der Waals surface area contributed by atoms with Gasteiger partial charge >= 0.3 is 6.01 Å². The second-order valence-electron chi connectivity index (χ2n) is 4.92. The quantitative estimate of drug-likeness (QED) is 0.817. The summed E-state index contributed by atoms with van der Waals surface area (Å²) in [6, 6.07) is 1.44. The van der Waals surface area contributed by atoms with Gasteiger partial charge in [-0.25, -0.2) is 0 Å². The first-order valence-electron chi connectivity index (χ1n) is 6.47. The molecule has 6 nitrogen and oxygen atoms in total. The molecule has 0 atom stereocenters. The highest BCUT2D eigenvalue weighted by Gasteiger charge is 2.22. The summed E-state index contributed by atoms with van der Waals surface area (Å²) < 4.78 is 16.8. The van der Waals surface area contributed by atoms with E-state index in [0.29, 0.717) is 30.5 Å². The maximum absolute atomic E-state index is 11.2.